The summed E-state index contributed by atoms with van der Waals surface area (Å²) in [4.78, 5) is 35.3. The minimum absolute atomic E-state index is 0.136. The number of esters is 1. The third-order valence-corrected chi connectivity index (χ3v) is 4.05. The summed E-state index contributed by atoms with van der Waals surface area (Å²) in [5.74, 6) is -1.76. The van der Waals surface area contributed by atoms with Crippen molar-refractivity contribution in [3.8, 4) is 0 Å². The smallest absolute Gasteiger partial charge is 0.341 e. The fourth-order valence-electron chi connectivity index (χ4n) is 1.63. The summed E-state index contributed by atoms with van der Waals surface area (Å²) < 4.78 is 5.17. The molecule has 0 aromatic carbocycles. The van der Waals surface area contributed by atoms with Gasteiger partial charge in [0.05, 0.1) is 18.1 Å². The molecule has 0 radical (unpaired) electrons. The van der Waals surface area contributed by atoms with E-state index in [4.69, 9.17) is 9.84 Å². The van der Waals surface area contributed by atoms with Crippen molar-refractivity contribution in [2.45, 2.75) is 52.6 Å². The largest absolute Gasteiger partial charge is 0.481 e. The molecule has 0 unspecified atom stereocenters. The third-order valence-electron chi connectivity index (χ3n) is 2.70. The maximum atomic E-state index is 12.1. The zero-order valence-corrected chi connectivity index (χ0v) is 14.0. The predicted octanol–water partition coefficient (Wildman–Crippen LogP) is 3.24. The van der Waals surface area contributed by atoms with E-state index in [0.29, 0.717) is 10.6 Å². The van der Waals surface area contributed by atoms with Crippen LogP contribution in [0.15, 0.2) is 6.07 Å². The molecule has 0 fully saturated rings. The van der Waals surface area contributed by atoms with E-state index in [1.54, 1.807) is 19.9 Å². The number of thiophene rings is 1. The van der Waals surface area contributed by atoms with Crippen molar-refractivity contribution in [2.24, 2.45) is 0 Å². The van der Waals surface area contributed by atoms with Crippen LogP contribution in [-0.4, -0.2) is 29.1 Å². The van der Waals surface area contributed by atoms with Gasteiger partial charge in [-0.3, -0.25) is 9.59 Å². The average Bonchev–Trinajstić information content (AvgIpc) is 2.79. The first kappa shape index (κ1) is 18.2. The number of carboxylic acids is 1. The van der Waals surface area contributed by atoms with Gasteiger partial charge in [0.1, 0.15) is 5.00 Å². The van der Waals surface area contributed by atoms with E-state index in [-0.39, 0.29) is 24.9 Å². The van der Waals surface area contributed by atoms with Crippen LogP contribution in [0.4, 0.5) is 5.00 Å². The SMILES string of the molecule is CC(C)OC(=O)c1cc(C(C)C)sc1NC(=O)CCC(=O)O. The minimum atomic E-state index is -1.04. The van der Waals surface area contributed by atoms with Crippen LogP contribution in [0.2, 0.25) is 0 Å². The first-order valence-electron chi connectivity index (χ1n) is 7.07. The van der Waals surface area contributed by atoms with Crippen LogP contribution in [0, 0.1) is 0 Å². The zero-order valence-electron chi connectivity index (χ0n) is 13.1. The van der Waals surface area contributed by atoms with Crippen LogP contribution in [-0.2, 0) is 14.3 Å². The predicted molar refractivity (Wildman–Crippen MR) is 84.5 cm³/mol. The Balaban J connectivity index is 2.93. The average molecular weight is 327 g/mol. The van der Waals surface area contributed by atoms with Gasteiger partial charge >= 0.3 is 11.9 Å². The van der Waals surface area contributed by atoms with E-state index in [9.17, 15) is 14.4 Å². The number of carbonyl (C=O) groups is 3. The molecular formula is C15H21NO5S. The van der Waals surface area contributed by atoms with Crippen LogP contribution in [0.25, 0.3) is 0 Å². The molecule has 0 aliphatic rings. The van der Waals surface area contributed by atoms with Crippen LogP contribution in [0.3, 0.4) is 0 Å². The van der Waals surface area contributed by atoms with E-state index < -0.39 is 17.8 Å². The Morgan fingerprint density at radius 2 is 1.86 bits per heavy atom. The normalized spacial score (nSPS) is 10.8. The Labute approximate surface area is 133 Å². The highest BCUT2D eigenvalue weighted by molar-refractivity contribution is 7.16. The summed E-state index contributed by atoms with van der Waals surface area (Å²) in [6.45, 7) is 7.47. The summed E-state index contributed by atoms with van der Waals surface area (Å²) in [5, 5.41) is 11.6. The minimum Gasteiger partial charge on any atom is -0.481 e. The molecular weight excluding hydrogens is 306 g/mol. The number of ether oxygens (including phenoxy) is 1. The van der Waals surface area contributed by atoms with E-state index in [1.807, 2.05) is 13.8 Å². The molecule has 0 saturated carbocycles. The Morgan fingerprint density at radius 1 is 1.23 bits per heavy atom. The number of anilines is 1. The van der Waals surface area contributed by atoms with Crippen molar-refractivity contribution < 1.29 is 24.2 Å². The molecule has 1 aromatic heterocycles. The second-order valence-electron chi connectivity index (χ2n) is 5.44. The number of carbonyl (C=O) groups excluding carboxylic acids is 2. The second kappa shape index (κ2) is 7.93. The molecule has 1 heterocycles. The van der Waals surface area contributed by atoms with E-state index in [0.717, 1.165) is 4.88 Å². The van der Waals surface area contributed by atoms with Crippen LogP contribution < -0.4 is 5.32 Å². The molecule has 0 aliphatic carbocycles. The quantitative estimate of drug-likeness (QED) is 0.750. The molecule has 0 spiro atoms. The number of hydrogen-bond donors (Lipinski definition) is 2. The lowest BCUT2D eigenvalue weighted by Gasteiger charge is -2.09. The highest BCUT2D eigenvalue weighted by Crippen LogP contribution is 2.33. The Hall–Kier alpha value is -1.89. The number of nitrogens with one attached hydrogen (secondary N) is 1. The molecule has 0 aliphatic heterocycles. The number of hydrogen-bond acceptors (Lipinski definition) is 5. The van der Waals surface area contributed by atoms with E-state index in [1.165, 1.54) is 11.3 Å². The van der Waals surface area contributed by atoms with E-state index in [2.05, 4.69) is 5.32 Å². The van der Waals surface area contributed by atoms with Gasteiger partial charge in [0.25, 0.3) is 0 Å². The number of carboxylic acid groups (broad SMARTS) is 1. The molecule has 22 heavy (non-hydrogen) atoms. The van der Waals surface area contributed by atoms with Gasteiger partial charge in [-0.1, -0.05) is 13.8 Å². The molecule has 1 rings (SSSR count). The number of aliphatic carboxylic acids is 1. The first-order valence-corrected chi connectivity index (χ1v) is 7.88. The van der Waals surface area contributed by atoms with Gasteiger partial charge in [-0.2, -0.15) is 0 Å². The lowest BCUT2D eigenvalue weighted by Crippen LogP contribution is -2.16. The summed E-state index contributed by atoms with van der Waals surface area (Å²) in [6.07, 6.45) is -0.645. The molecule has 0 bridgehead atoms. The topological polar surface area (TPSA) is 92.7 Å². The standard InChI is InChI=1S/C15H21NO5S/c1-8(2)11-7-10(15(20)21-9(3)4)14(22-11)16-12(17)5-6-13(18)19/h7-9H,5-6H2,1-4H3,(H,16,17)(H,18,19). The summed E-state index contributed by atoms with van der Waals surface area (Å²) in [7, 11) is 0. The summed E-state index contributed by atoms with van der Waals surface area (Å²) in [6, 6.07) is 1.72. The molecule has 7 heteroatoms. The van der Waals surface area contributed by atoms with Crippen molar-refractivity contribution in [1.82, 2.24) is 0 Å². The maximum absolute atomic E-state index is 12.1. The van der Waals surface area contributed by atoms with Gasteiger partial charge in [-0.05, 0) is 25.8 Å². The number of amides is 1. The van der Waals surface area contributed by atoms with Crippen LogP contribution >= 0.6 is 11.3 Å². The third kappa shape index (κ3) is 5.48. The lowest BCUT2D eigenvalue weighted by molar-refractivity contribution is -0.138. The molecule has 1 amide bonds. The Morgan fingerprint density at radius 3 is 2.36 bits per heavy atom. The summed E-state index contributed by atoms with van der Waals surface area (Å²) in [5.41, 5.74) is 0.311. The van der Waals surface area contributed by atoms with Crippen molar-refractivity contribution in [1.29, 1.82) is 0 Å². The van der Waals surface area contributed by atoms with Gasteiger partial charge in [0, 0.05) is 11.3 Å². The van der Waals surface area contributed by atoms with Gasteiger partial charge in [0.2, 0.25) is 5.91 Å². The Kier molecular flexibility index (Phi) is 6.55. The molecule has 122 valence electrons. The second-order valence-corrected chi connectivity index (χ2v) is 6.53. The van der Waals surface area contributed by atoms with Crippen molar-refractivity contribution in [3.63, 3.8) is 0 Å². The van der Waals surface area contributed by atoms with E-state index >= 15 is 0 Å². The first-order chi connectivity index (χ1) is 10.2. The fraction of sp³-hybridized carbons (Fsp3) is 0.533. The molecule has 0 atom stereocenters. The molecule has 2 N–H and O–H groups in total. The molecule has 0 saturated heterocycles. The molecule has 6 nitrogen and oxygen atoms in total. The van der Waals surface area contributed by atoms with Gasteiger partial charge < -0.3 is 15.2 Å². The Bertz CT molecular complexity index is 562. The van der Waals surface area contributed by atoms with Crippen LogP contribution in [0.5, 0.6) is 0 Å². The highest BCUT2D eigenvalue weighted by atomic mass is 32.1. The number of rotatable bonds is 7. The zero-order chi connectivity index (χ0) is 16.9. The van der Waals surface area contributed by atoms with Crippen LogP contribution in [0.1, 0.15) is 61.7 Å². The van der Waals surface area contributed by atoms with Crippen molar-refractivity contribution in [2.75, 3.05) is 5.32 Å². The van der Waals surface area contributed by atoms with Gasteiger partial charge in [-0.15, -0.1) is 11.3 Å². The van der Waals surface area contributed by atoms with Gasteiger partial charge in [0.15, 0.2) is 0 Å². The molecule has 1 aromatic rings. The lowest BCUT2D eigenvalue weighted by atomic mass is 10.1. The van der Waals surface area contributed by atoms with Crippen molar-refractivity contribution in [3.05, 3.63) is 16.5 Å². The monoisotopic (exact) mass is 327 g/mol. The van der Waals surface area contributed by atoms with Crippen molar-refractivity contribution >= 4 is 34.2 Å². The van der Waals surface area contributed by atoms with Gasteiger partial charge in [-0.25, -0.2) is 4.79 Å². The highest BCUT2D eigenvalue weighted by Gasteiger charge is 2.21. The summed E-state index contributed by atoms with van der Waals surface area (Å²) >= 11 is 1.31. The maximum Gasteiger partial charge on any atom is 0.341 e. The fourth-order valence-corrected chi connectivity index (χ4v) is 2.69.